The number of nitrogens with zero attached hydrogens (tertiary/aromatic N) is 3. The van der Waals surface area contributed by atoms with Gasteiger partial charge < -0.3 is 0 Å². The van der Waals surface area contributed by atoms with E-state index in [2.05, 4.69) is 44.2 Å². The number of hydrogen-bond donors (Lipinski definition) is 0. The van der Waals surface area contributed by atoms with E-state index in [9.17, 15) is 0 Å². The van der Waals surface area contributed by atoms with Crippen molar-refractivity contribution in [1.29, 1.82) is 0 Å². The van der Waals surface area contributed by atoms with Gasteiger partial charge >= 0.3 is 0 Å². The van der Waals surface area contributed by atoms with Gasteiger partial charge in [-0.3, -0.25) is 9.67 Å². The van der Waals surface area contributed by atoms with E-state index in [-0.39, 0.29) is 0 Å². The Labute approximate surface area is 107 Å². The Kier molecular flexibility index (Phi) is 2.65. The van der Waals surface area contributed by atoms with Crippen molar-refractivity contribution < 1.29 is 0 Å². The van der Waals surface area contributed by atoms with Gasteiger partial charge in [0.2, 0.25) is 0 Å². The molecule has 0 spiro atoms. The summed E-state index contributed by atoms with van der Waals surface area (Å²) < 4.78 is 2.90. The molecule has 3 aromatic rings. The summed E-state index contributed by atoms with van der Waals surface area (Å²) in [5.74, 6) is 0. The zero-order chi connectivity index (χ0) is 11.7. The molecule has 0 aliphatic heterocycles. The number of benzene rings is 1. The Morgan fingerprint density at radius 3 is 3.00 bits per heavy atom. The van der Waals surface area contributed by atoms with Crippen LogP contribution in [0.25, 0.3) is 10.9 Å². The van der Waals surface area contributed by atoms with Crippen LogP contribution in [0.5, 0.6) is 0 Å². The lowest BCUT2D eigenvalue weighted by atomic mass is 10.1. The maximum absolute atomic E-state index is 4.30. The highest BCUT2D eigenvalue weighted by Gasteiger charge is 1.99. The molecule has 3 rings (SSSR count). The Balaban J connectivity index is 1.95. The van der Waals surface area contributed by atoms with Crippen LogP contribution in [0.4, 0.5) is 0 Å². The second-order valence-electron chi connectivity index (χ2n) is 3.89. The molecule has 17 heavy (non-hydrogen) atoms. The van der Waals surface area contributed by atoms with E-state index in [4.69, 9.17) is 0 Å². The molecule has 2 heterocycles. The molecule has 0 aliphatic rings. The van der Waals surface area contributed by atoms with Crippen LogP contribution < -0.4 is 0 Å². The summed E-state index contributed by atoms with van der Waals surface area (Å²) in [6.45, 7) is 0.774. The van der Waals surface area contributed by atoms with E-state index in [1.54, 1.807) is 6.20 Å². The number of rotatable bonds is 2. The molecule has 4 heteroatoms. The first-order chi connectivity index (χ1) is 8.31. The fourth-order valence-corrected chi connectivity index (χ4v) is 2.16. The summed E-state index contributed by atoms with van der Waals surface area (Å²) in [5, 5.41) is 5.41. The predicted octanol–water partition coefficient (Wildman–Crippen LogP) is 3.24. The third kappa shape index (κ3) is 2.22. The molecule has 0 N–H and O–H groups in total. The first kappa shape index (κ1) is 10.5. The first-order valence-corrected chi connectivity index (χ1v) is 6.12. The molecule has 0 fully saturated rings. The third-order valence-corrected chi connectivity index (χ3v) is 3.02. The molecule has 0 saturated heterocycles. The lowest BCUT2D eigenvalue weighted by Crippen LogP contribution is -1.99. The number of pyridine rings is 1. The molecule has 0 radical (unpaired) electrons. The van der Waals surface area contributed by atoms with Gasteiger partial charge in [-0.2, -0.15) is 5.10 Å². The fourth-order valence-electron chi connectivity index (χ4n) is 1.84. The van der Waals surface area contributed by atoms with E-state index < -0.39 is 0 Å². The van der Waals surface area contributed by atoms with Gasteiger partial charge in [-0.15, -0.1) is 0 Å². The standard InChI is InChI=1S/C13H10BrN3/c14-12-7-16-17(9-12)8-10-3-4-13-11(6-10)2-1-5-15-13/h1-7,9H,8H2. The second kappa shape index (κ2) is 4.30. The minimum Gasteiger partial charge on any atom is -0.267 e. The van der Waals surface area contributed by atoms with Gasteiger partial charge in [0.1, 0.15) is 0 Å². The average molecular weight is 288 g/mol. The van der Waals surface area contributed by atoms with Crippen molar-refractivity contribution >= 4 is 26.8 Å². The van der Waals surface area contributed by atoms with Gasteiger partial charge in [-0.25, -0.2) is 0 Å². The second-order valence-corrected chi connectivity index (χ2v) is 4.80. The molecule has 3 nitrogen and oxygen atoms in total. The van der Waals surface area contributed by atoms with E-state index in [1.807, 2.05) is 29.2 Å². The molecule has 84 valence electrons. The number of fused-ring (bicyclic) bond motifs is 1. The number of aromatic nitrogens is 3. The molecular formula is C13H10BrN3. The lowest BCUT2D eigenvalue weighted by molar-refractivity contribution is 0.687. The fraction of sp³-hybridized carbons (Fsp3) is 0.0769. The average Bonchev–Trinajstić information content (AvgIpc) is 2.75. The van der Waals surface area contributed by atoms with E-state index in [1.165, 1.54) is 5.56 Å². The molecule has 0 bridgehead atoms. The van der Waals surface area contributed by atoms with Crippen molar-refractivity contribution in [3.8, 4) is 0 Å². The predicted molar refractivity (Wildman–Crippen MR) is 70.8 cm³/mol. The molecule has 0 amide bonds. The SMILES string of the molecule is Brc1cnn(Cc2ccc3ncccc3c2)c1. The zero-order valence-corrected chi connectivity index (χ0v) is 10.6. The van der Waals surface area contributed by atoms with E-state index >= 15 is 0 Å². The summed E-state index contributed by atoms with van der Waals surface area (Å²) in [5.41, 5.74) is 2.25. The summed E-state index contributed by atoms with van der Waals surface area (Å²) in [7, 11) is 0. The van der Waals surface area contributed by atoms with Crippen LogP contribution in [0.3, 0.4) is 0 Å². The molecule has 1 aromatic carbocycles. The number of halogens is 1. The van der Waals surface area contributed by atoms with Gasteiger partial charge in [0.25, 0.3) is 0 Å². The van der Waals surface area contributed by atoms with Crippen molar-refractivity contribution in [2.45, 2.75) is 6.54 Å². The monoisotopic (exact) mass is 287 g/mol. The van der Waals surface area contributed by atoms with Crippen molar-refractivity contribution in [3.63, 3.8) is 0 Å². The minimum atomic E-state index is 0.774. The molecule has 0 unspecified atom stereocenters. The molecule has 2 aromatic heterocycles. The van der Waals surface area contributed by atoms with Gasteiger partial charge in [-0.05, 0) is 39.7 Å². The van der Waals surface area contributed by atoms with Gasteiger partial charge in [0, 0.05) is 17.8 Å². The maximum atomic E-state index is 4.30. The van der Waals surface area contributed by atoms with Crippen LogP contribution in [-0.4, -0.2) is 14.8 Å². The smallest absolute Gasteiger partial charge is 0.0702 e. The van der Waals surface area contributed by atoms with Crippen LogP contribution in [0.2, 0.25) is 0 Å². The molecule has 0 saturated carbocycles. The molecular weight excluding hydrogens is 278 g/mol. The molecule has 0 aliphatic carbocycles. The molecule has 0 atom stereocenters. The van der Waals surface area contributed by atoms with Crippen molar-refractivity contribution in [3.05, 3.63) is 59.0 Å². The van der Waals surface area contributed by atoms with Crippen molar-refractivity contribution in [1.82, 2.24) is 14.8 Å². The van der Waals surface area contributed by atoms with Crippen LogP contribution in [0, 0.1) is 0 Å². The summed E-state index contributed by atoms with van der Waals surface area (Å²) in [6.07, 6.45) is 5.57. The topological polar surface area (TPSA) is 30.7 Å². The van der Waals surface area contributed by atoms with Gasteiger partial charge in [0.05, 0.1) is 22.7 Å². The summed E-state index contributed by atoms with van der Waals surface area (Å²) in [6, 6.07) is 10.3. The Morgan fingerprint density at radius 1 is 1.24 bits per heavy atom. The normalized spacial score (nSPS) is 10.9. The summed E-state index contributed by atoms with van der Waals surface area (Å²) >= 11 is 3.39. The summed E-state index contributed by atoms with van der Waals surface area (Å²) in [4.78, 5) is 4.30. The van der Waals surface area contributed by atoms with E-state index in [0.29, 0.717) is 0 Å². The van der Waals surface area contributed by atoms with Crippen LogP contribution in [-0.2, 0) is 6.54 Å². The largest absolute Gasteiger partial charge is 0.267 e. The third-order valence-electron chi connectivity index (χ3n) is 2.61. The quantitative estimate of drug-likeness (QED) is 0.724. The van der Waals surface area contributed by atoms with Crippen LogP contribution >= 0.6 is 15.9 Å². The Hall–Kier alpha value is -1.68. The Morgan fingerprint density at radius 2 is 2.18 bits per heavy atom. The Bertz CT molecular complexity index is 660. The van der Waals surface area contributed by atoms with Crippen molar-refractivity contribution in [2.24, 2.45) is 0 Å². The first-order valence-electron chi connectivity index (χ1n) is 5.33. The maximum Gasteiger partial charge on any atom is 0.0702 e. The highest BCUT2D eigenvalue weighted by atomic mass is 79.9. The van der Waals surface area contributed by atoms with Gasteiger partial charge in [0.15, 0.2) is 0 Å². The van der Waals surface area contributed by atoms with E-state index in [0.717, 1.165) is 21.9 Å². The zero-order valence-electron chi connectivity index (χ0n) is 9.05. The highest BCUT2D eigenvalue weighted by molar-refractivity contribution is 9.10. The highest BCUT2D eigenvalue weighted by Crippen LogP contribution is 2.15. The van der Waals surface area contributed by atoms with Crippen molar-refractivity contribution in [2.75, 3.05) is 0 Å². The lowest BCUT2D eigenvalue weighted by Gasteiger charge is -2.03. The van der Waals surface area contributed by atoms with Crippen LogP contribution in [0.1, 0.15) is 5.56 Å². The van der Waals surface area contributed by atoms with Gasteiger partial charge in [-0.1, -0.05) is 12.1 Å². The minimum absolute atomic E-state index is 0.774. The van der Waals surface area contributed by atoms with Crippen LogP contribution in [0.15, 0.2) is 53.4 Å². The number of hydrogen-bond acceptors (Lipinski definition) is 2.